The number of aryl methyl sites for hydroxylation is 2. The summed E-state index contributed by atoms with van der Waals surface area (Å²) in [5.41, 5.74) is 5.09. The van der Waals surface area contributed by atoms with Gasteiger partial charge in [-0.05, 0) is 55.5 Å². The lowest BCUT2D eigenvalue weighted by Gasteiger charge is -2.09. The van der Waals surface area contributed by atoms with Gasteiger partial charge in [-0.3, -0.25) is 4.79 Å². The number of carbonyl (C=O) groups is 1. The van der Waals surface area contributed by atoms with Crippen molar-refractivity contribution in [1.29, 1.82) is 0 Å². The molecule has 0 saturated heterocycles. The summed E-state index contributed by atoms with van der Waals surface area (Å²) < 4.78 is 5.70. The number of aromatic nitrogens is 1. The molecule has 0 spiro atoms. The van der Waals surface area contributed by atoms with E-state index in [1.165, 1.54) is 29.3 Å². The molecule has 1 atom stereocenters. The normalized spacial score (nSPS) is 14.8. The van der Waals surface area contributed by atoms with E-state index in [4.69, 9.17) is 4.42 Å². The fourth-order valence-electron chi connectivity index (χ4n) is 3.07. The number of benzene rings is 2. The first-order valence-corrected chi connectivity index (χ1v) is 8.77. The zero-order valence-corrected chi connectivity index (χ0v) is 13.7. The highest BCUT2D eigenvalue weighted by Crippen LogP contribution is 2.29. The maximum Gasteiger partial charge on any atom is 0.257 e. The molecule has 116 valence electrons. The maximum atomic E-state index is 12.7. The molecule has 4 rings (SSSR count). The Bertz CT molecular complexity index is 851. The summed E-state index contributed by atoms with van der Waals surface area (Å²) in [7, 11) is 0. The number of nitrogens with zero attached hydrogens (tertiary/aromatic N) is 1. The van der Waals surface area contributed by atoms with Crippen LogP contribution in [0.3, 0.4) is 0 Å². The second-order valence-electron chi connectivity index (χ2n) is 5.91. The van der Waals surface area contributed by atoms with Gasteiger partial charge in [-0.25, -0.2) is 4.98 Å². The van der Waals surface area contributed by atoms with Crippen molar-refractivity contribution >= 4 is 28.6 Å². The Labute approximate surface area is 139 Å². The van der Waals surface area contributed by atoms with Crippen molar-refractivity contribution < 1.29 is 9.21 Å². The third-order valence-electron chi connectivity index (χ3n) is 4.30. The van der Waals surface area contributed by atoms with E-state index < -0.39 is 0 Å². The second kappa shape index (κ2) is 5.85. The van der Waals surface area contributed by atoms with Gasteiger partial charge in [0, 0.05) is 5.56 Å². The highest BCUT2D eigenvalue weighted by Gasteiger charge is 2.21. The molecule has 3 aromatic rings. The summed E-state index contributed by atoms with van der Waals surface area (Å²) in [6.45, 7) is 1.91. The summed E-state index contributed by atoms with van der Waals surface area (Å²) in [5, 5.41) is 0.329. The van der Waals surface area contributed by atoms with Crippen molar-refractivity contribution in [2.75, 3.05) is 0 Å². The number of hydrogen-bond donors (Lipinski definition) is 0. The van der Waals surface area contributed by atoms with E-state index in [0.29, 0.717) is 5.22 Å². The molecule has 1 aliphatic carbocycles. The molecule has 3 nitrogen and oxygen atoms in total. The van der Waals surface area contributed by atoms with E-state index in [1.54, 1.807) is 0 Å². The predicted molar refractivity (Wildman–Crippen MR) is 92.1 cm³/mol. The summed E-state index contributed by atoms with van der Waals surface area (Å²) in [6.07, 6.45) is 3.42. The third kappa shape index (κ3) is 2.79. The fraction of sp³-hybridized carbons (Fsp3) is 0.263. The van der Waals surface area contributed by atoms with Crippen LogP contribution in [0.4, 0.5) is 0 Å². The van der Waals surface area contributed by atoms with Gasteiger partial charge in [-0.2, -0.15) is 0 Å². The van der Waals surface area contributed by atoms with Gasteiger partial charge < -0.3 is 4.42 Å². The number of fused-ring (bicyclic) bond motifs is 2. The Kier molecular flexibility index (Phi) is 3.69. The maximum absolute atomic E-state index is 12.7. The average Bonchev–Trinajstić information content (AvgIpc) is 3.18. The standard InChI is InChI=1S/C19H17NO2S/c1-12(23-19-20-16-7-2-3-8-17(16)22-19)18(21)15-10-9-13-5-4-6-14(13)11-15/h2-3,7-12H,4-6H2,1H3/t12-/m1/s1. The molecule has 0 fully saturated rings. The van der Waals surface area contributed by atoms with Gasteiger partial charge >= 0.3 is 0 Å². The Morgan fingerprint density at radius 1 is 1.17 bits per heavy atom. The highest BCUT2D eigenvalue weighted by atomic mass is 32.2. The molecule has 0 unspecified atom stereocenters. The van der Waals surface area contributed by atoms with Crippen LogP contribution >= 0.6 is 11.8 Å². The minimum absolute atomic E-state index is 0.131. The third-order valence-corrected chi connectivity index (χ3v) is 5.25. The Hall–Kier alpha value is -2.07. The number of thioether (sulfide) groups is 1. The van der Waals surface area contributed by atoms with Crippen LogP contribution in [0.5, 0.6) is 0 Å². The monoisotopic (exact) mass is 323 g/mol. The van der Waals surface area contributed by atoms with Crippen molar-refractivity contribution in [3.8, 4) is 0 Å². The summed E-state index contributed by atoms with van der Waals surface area (Å²) >= 11 is 1.38. The molecular weight excluding hydrogens is 306 g/mol. The molecule has 23 heavy (non-hydrogen) atoms. The van der Waals surface area contributed by atoms with Gasteiger partial charge in [0.05, 0.1) is 5.25 Å². The minimum Gasteiger partial charge on any atom is -0.431 e. The van der Waals surface area contributed by atoms with Crippen molar-refractivity contribution in [2.45, 2.75) is 36.7 Å². The van der Waals surface area contributed by atoms with Crippen LogP contribution in [-0.2, 0) is 12.8 Å². The van der Waals surface area contributed by atoms with E-state index in [-0.39, 0.29) is 11.0 Å². The first-order chi connectivity index (χ1) is 11.2. The zero-order valence-electron chi connectivity index (χ0n) is 12.9. The van der Waals surface area contributed by atoms with Gasteiger partial charge in [0.15, 0.2) is 11.4 Å². The van der Waals surface area contributed by atoms with Gasteiger partial charge in [-0.1, -0.05) is 36.0 Å². The van der Waals surface area contributed by atoms with Gasteiger partial charge in [0.25, 0.3) is 5.22 Å². The molecule has 0 bridgehead atoms. The highest BCUT2D eigenvalue weighted by molar-refractivity contribution is 8.00. The first kappa shape index (κ1) is 14.5. The number of Topliss-reactive ketones (excluding diaryl/α,β-unsaturated/α-hetero) is 1. The Morgan fingerprint density at radius 2 is 2.00 bits per heavy atom. The van der Waals surface area contributed by atoms with E-state index in [9.17, 15) is 4.79 Å². The van der Waals surface area contributed by atoms with E-state index in [2.05, 4.69) is 17.1 Å². The average molecular weight is 323 g/mol. The number of ketones is 1. The number of rotatable bonds is 4. The Morgan fingerprint density at radius 3 is 2.87 bits per heavy atom. The molecule has 0 amide bonds. The van der Waals surface area contributed by atoms with Crippen LogP contribution in [0.2, 0.25) is 0 Å². The molecule has 1 aromatic heterocycles. The Balaban J connectivity index is 1.54. The van der Waals surface area contributed by atoms with Gasteiger partial charge in [0.2, 0.25) is 0 Å². The SMILES string of the molecule is C[C@@H](Sc1nc2ccccc2o1)C(=O)c1ccc2c(c1)CCC2. The van der Waals surface area contributed by atoms with Crippen LogP contribution in [0, 0.1) is 0 Å². The lowest BCUT2D eigenvalue weighted by Crippen LogP contribution is -2.13. The molecule has 1 heterocycles. The van der Waals surface area contributed by atoms with Crippen LogP contribution < -0.4 is 0 Å². The number of para-hydroxylation sites is 2. The number of hydrogen-bond acceptors (Lipinski definition) is 4. The first-order valence-electron chi connectivity index (χ1n) is 7.89. The minimum atomic E-state index is -0.220. The van der Waals surface area contributed by atoms with Gasteiger partial charge in [-0.15, -0.1) is 0 Å². The number of oxazole rings is 1. The molecule has 2 aromatic carbocycles. The topological polar surface area (TPSA) is 43.1 Å². The van der Waals surface area contributed by atoms with Crippen LogP contribution in [0.1, 0.15) is 34.8 Å². The second-order valence-corrected chi connectivity index (χ2v) is 7.20. The smallest absolute Gasteiger partial charge is 0.257 e. The van der Waals surface area contributed by atoms with Crippen molar-refractivity contribution in [1.82, 2.24) is 4.98 Å². The van der Waals surface area contributed by atoms with Gasteiger partial charge in [0.1, 0.15) is 5.52 Å². The molecule has 0 N–H and O–H groups in total. The lowest BCUT2D eigenvalue weighted by molar-refractivity contribution is 0.0993. The zero-order chi connectivity index (χ0) is 15.8. The predicted octanol–water partition coefficient (Wildman–Crippen LogP) is 4.68. The molecular formula is C19H17NO2S. The van der Waals surface area contributed by atoms with E-state index in [0.717, 1.165) is 29.5 Å². The molecule has 0 aliphatic heterocycles. The number of carbonyl (C=O) groups excluding carboxylic acids is 1. The molecule has 4 heteroatoms. The van der Waals surface area contributed by atoms with Crippen molar-refractivity contribution in [2.24, 2.45) is 0 Å². The molecule has 0 saturated carbocycles. The summed E-state index contributed by atoms with van der Waals surface area (Å²) in [4.78, 5) is 17.1. The van der Waals surface area contributed by atoms with Crippen molar-refractivity contribution in [3.05, 3.63) is 59.2 Å². The van der Waals surface area contributed by atoms with Crippen LogP contribution in [0.15, 0.2) is 52.1 Å². The molecule has 0 radical (unpaired) electrons. The van der Waals surface area contributed by atoms with Crippen molar-refractivity contribution in [3.63, 3.8) is 0 Å². The quantitative estimate of drug-likeness (QED) is 0.516. The summed E-state index contributed by atoms with van der Waals surface area (Å²) in [6, 6.07) is 13.8. The van der Waals surface area contributed by atoms with E-state index >= 15 is 0 Å². The fourth-order valence-corrected chi connectivity index (χ4v) is 3.90. The van der Waals surface area contributed by atoms with Crippen LogP contribution in [-0.4, -0.2) is 16.0 Å². The van der Waals surface area contributed by atoms with Crippen LogP contribution in [0.25, 0.3) is 11.1 Å². The van der Waals surface area contributed by atoms with E-state index in [1.807, 2.05) is 37.3 Å². The lowest BCUT2D eigenvalue weighted by atomic mass is 10.0. The summed E-state index contributed by atoms with van der Waals surface area (Å²) in [5.74, 6) is 0.131. The molecule has 1 aliphatic rings. The largest absolute Gasteiger partial charge is 0.431 e.